The van der Waals surface area contributed by atoms with E-state index in [0.717, 1.165) is 24.2 Å². The Labute approximate surface area is 165 Å². The summed E-state index contributed by atoms with van der Waals surface area (Å²) in [5.74, 6) is 0.0241. The molecule has 1 saturated heterocycles. The first-order valence-corrected chi connectivity index (χ1v) is 9.46. The molecule has 0 atom stereocenters. The van der Waals surface area contributed by atoms with Gasteiger partial charge in [-0.1, -0.05) is 54.6 Å². The zero-order valence-electron chi connectivity index (χ0n) is 15.6. The molecule has 0 bridgehead atoms. The predicted octanol–water partition coefficient (Wildman–Crippen LogP) is 4.19. The smallest absolute Gasteiger partial charge is 0.254 e. The molecule has 0 N–H and O–H groups in total. The van der Waals surface area contributed by atoms with Gasteiger partial charge in [0.25, 0.3) is 5.91 Å². The highest BCUT2D eigenvalue weighted by Crippen LogP contribution is 2.28. The van der Waals surface area contributed by atoms with Crippen molar-refractivity contribution in [3.63, 3.8) is 0 Å². The molecular weight excluding hydrogens is 346 g/mol. The van der Waals surface area contributed by atoms with Gasteiger partial charge in [0.2, 0.25) is 0 Å². The summed E-state index contributed by atoms with van der Waals surface area (Å²) in [6.07, 6.45) is 0. The van der Waals surface area contributed by atoms with Gasteiger partial charge in [-0.25, -0.2) is 0 Å². The average molecular weight is 367 g/mol. The minimum Gasteiger partial charge on any atom is -0.368 e. The minimum atomic E-state index is 0.0241. The van der Waals surface area contributed by atoms with Gasteiger partial charge >= 0.3 is 0 Å². The van der Waals surface area contributed by atoms with Crippen molar-refractivity contribution in [3.8, 4) is 17.2 Å². The van der Waals surface area contributed by atoms with Crippen LogP contribution in [0.3, 0.4) is 0 Å². The second-order valence-corrected chi connectivity index (χ2v) is 6.82. The van der Waals surface area contributed by atoms with Crippen molar-refractivity contribution in [2.24, 2.45) is 0 Å². The number of carbonyl (C=O) groups excluding carboxylic acids is 1. The number of benzene rings is 3. The Morgan fingerprint density at radius 2 is 1.36 bits per heavy atom. The Morgan fingerprint density at radius 1 is 0.750 bits per heavy atom. The maximum atomic E-state index is 13.3. The van der Waals surface area contributed by atoms with Gasteiger partial charge in [-0.2, -0.15) is 5.26 Å². The van der Waals surface area contributed by atoms with E-state index in [2.05, 4.69) is 23.1 Å². The summed E-state index contributed by atoms with van der Waals surface area (Å²) in [5.41, 5.74) is 4.04. The van der Waals surface area contributed by atoms with Crippen LogP contribution in [-0.4, -0.2) is 37.0 Å². The van der Waals surface area contributed by atoms with E-state index in [1.54, 1.807) is 6.07 Å². The van der Waals surface area contributed by atoms with Crippen molar-refractivity contribution in [3.05, 3.63) is 90.0 Å². The molecule has 1 amide bonds. The Bertz CT molecular complexity index is 1020. The van der Waals surface area contributed by atoms with Crippen LogP contribution in [0.15, 0.2) is 78.9 Å². The van der Waals surface area contributed by atoms with E-state index in [1.807, 2.05) is 65.6 Å². The van der Waals surface area contributed by atoms with Crippen LogP contribution in [-0.2, 0) is 0 Å². The Balaban J connectivity index is 1.56. The summed E-state index contributed by atoms with van der Waals surface area (Å²) in [4.78, 5) is 17.5. The minimum absolute atomic E-state index is 0.0241. The highest BCUT2D eigenvalue weighted by atomic mass is 16.2. The van der Waals surface area contributed by atoms with Gasteiger partial charge in [-0.05, 0) is 29.8 Å². The van der Waals surface area contributed by atoms with Crippen molar-refractivity contribution in [2.45, 2.75) is 0 Å². The second kappa shape index (κ2) is 7.98. The van der Waals surface area contributed by atoms with E-state index in [4.69, 9.17) is 0 Å². The highest BCUT2D eigenvalue weighted by molar-refractivity contribution is 6.01. The highest BCUT2D eigenvalue weighted by Gasteiger charge is 2.24. The van der Waals surface area contributed by atoms with Gasteiger partial charge in [0.15, 0.2) is 0 Å². The normalized spacial score (nSPS) is 13.8. The lowest BCUT2D eigenvalue weighted by atomic mass is 9.95. The molecule has 138 valence electrons. The molecular formula is C24H21N3O. The Hall–Kier alpha value is -3.58. The Morgan fingerprint density at radius 3 is 2.07 bits per heavy atom. The molecule has 3 aromatic rings. The van der Waals surface area contributed by atoms with Gasteiger partial charge in [-0.3, -0.25) is 4.79 Å². The second-order valence-electron chi connectivity index (χ2n) is 6.82. The van der Waals surface area contributed by atoms with Crippen molar-refractivity contribution in [1.29, 1.82) is 5.26 Å². The number of anilines is 1. The number of para-hydroxylation sites is 1. The van der Waals surface area contributed by atoms with E-state index >= 15 is 0 Å². The standard InChI is InChI=1S/C24H21N3O/c25-18-19-8-4-5-11-21(19)22-12-6-7-13-23(22)24(28)27-16-14-26(15-17-27)20-9-2-1-3-10-20/h1-13H,14-17H2. The molecule has 1 aliphatic heterocycles. The number of piperazine rings is 1. The summed E-state index contributed by atoms with van der Waals surface area (Å²) in [6, 6.07) is 27.5. The van der Waals surface area contributed by atoms with E-state index in [1.165, 1.54) is 5.69 Å². The number of hydrogen-bond acceptors (Lipinski definition) is 3. The predicted molar refractivity (Wildman–Crippen MR) is 111 cm³/mol. The van der Waals surface area contributed by atoms with Crippen LogP contribution in [0.1, 0.15) is 15.9 Å². The number of rotatable bonds is 3. The average Bonchev–Trinajstić information content (AvgIpc) is 2.79. The molecule has 1 aliphatic rings. The van der Waals surface area contributed by atoms with E-state index < -0.39 is 0 Å². The van der Waals surface area contributed by atoms with Gasteiger partial charge in [0, 0.05) is 43.0 Å². The van der Waals surface area contributed by atoms with Gasteiger partial charge in [0.1, 0.15) is 0 Å². The number of hydrogen-bond donors (Lipinski definition) is 0. The zero-order chi connectivity index (χ0) is 19.3. The number of nitrogens with zero attached hydrogens (tertiary/aromatic N) is 3. The number of carbonyl (C=O) groups is 1. The van der Waals surface area contributed by atoms with Gasteiger partial charge in [0.05, 0.1) is 11.6 Å². The topological polar surface area (TPSA) is 47.3 Å². The lowest BCUT2D eigenvalue weighted by Gasteiger charge is -2.36. The first kappa shape index (κ1) is 17.8. The maximum Gasteiger partial charge on any atom is 0.254 e. The molecule has 3 aromatic carbocycles. The lowest BCUT2D eigenvalue weighted by molar-refractivity contribution is 0.0747. The molecule has 0 radical (unpaired) electrons. The molecule has 0 aliphatic carbocycles. The number of amides is 1. The third-order valence-corrected chi connectivity index (χ3v) is 5.18. The molecule has 4 heteroatoms. The molecule has 1 heterocycles. The fraction of sp³-hybridized carbons (Fsp3) is 0.167. The number of nitriles is 1. The lowest BCUT2D eigenvalue weighted by Crippen LogP contribution is -2.48. The van der Waals surface area contributed by atoms with Crippen molar-refractivity contribution in [2.75, 3.05) is 31.1 Å². The molecule has 0 aromatic heterocycles. The summed E-state index contributed by atoms with van der Waals surface area (Å²) < 4.78 is 0. The fourth-order valence-corrected chi connectivity index (χ4v) is 3.70. The van der Waals surface area contributed by atoms with Crippen molar-refractivity contribution < 1.29 is 4.79 Å². The molecule has 4 rings (SSSR count). The van der Waals surface area contributed by atoms with E-state index in [-0.39, 0.29) is 5.91 Å². The van der Waals surface area contributed by atoms with Crippen molar-refractivity contribution >= 4 is 11.6 Å². The first-order valence-electron chi connectivity index (χ1n) is 9.46. The van der Waals surface area contributed by atoms with Crippen LogP contribution in [0.2, 0.25) is 0 Å². The maximum absolute atomic E-state index is 13.3. The van der Waals surface area contributed by atoms with Crippen LogP contribution < -0.4 is 4.90 Å². The van der Waals surface area contributed by atoms with Gasteiger partial charge < -0.3 is 9.80 Å². The van der Waals surface area contributed by atoms with Crippen LogP contribution in [0.25, 0.3) is 11.1 Å². The molecule has 0 saturated carbocycles. The molecule has 4 nitrogen and oxygen atoms in total. The summed E-state index contributed by atoms with van der Waals surface area (Å²) in [5, 5.41) is 9.44. The molecule has 0 spiro atoms. The van der Waals surface area contributed by atoms with E-state index in [0.29, 0.717) is 24.2 Å². The fourth-order valence-electron chi connectivity index (χ4n) is 3.70. The molecule has 0 unspecified atom stereocenters. The summed E-state index contributed by atoms with van der Waals surface area (Å²) in [6.45, 7) is 2.99. The SMILES string of the molecule is N#Cc1ccccc1-c1ccccc1C(=O)N1CCN(c2ccccc2)CC1. The van der Waals surface area contributed by atoms with E-state index in [9.17, 15) is 10.1 Å². The van der Waals surface area contributed by atoms with Crippen LogP contribution in [0.4, 0.5) is 5.69 Å². The van der Waals surface area contributed by atoms with Crippen molar-refractivity contribution in [1.82, 2.24) is 4.90 Å². The van der Waals surface area contributed by atoms with Crippen LogP contribution in [0, 0.1) is 11.3 Å². The quantitative estimate of drug-likeness (QED) is 0.697. The molecule has 1 fully saturated rings. The summed E-state index contributed by atoms with van der Waals surface area (Å²) >= 11 is 0. The van der Waals surface area contributed by atoms with Crippen LogP contribution >= 0.6 is 0 Å². The first-order chi connectivity index (χ1) is 13.8. The third kappa shape index (κ3) is 3.47. The largest absolute Gasteiger partial charge is 0.368 e. The summed E-state index contributed by atoms with van der Waals surface area (Å²) in [7, 11) is 0. The Kier molecular flexibility index (Phi) is 5.07. The zero-order valence-corrected chi connectivity index (χ0v) is 15.6. The van der Waals surface area contributed by atoms with Gasteiger partial charge in [-0.15, -0.1) is 0 Å². The third-order valence-electron chi connectivity index (χ3n) is 5.18. The monoisotopic (exact) mass is 367 g/mol. The molecule has 28 heavy (non-hydrogen) atoms. The van der Waals surface area contributed by atoms with Crippen LogP contribution in [0.5, 0.6) is 0 Å².